The largest absolute Gasteiger partial charge is 0.365 e. The molecule has 2 heteroatoms. The molecule has 0 bridgehead atoms. The molecule has 1 N–H and O–H groups in total. The Labute approximate surface area is 104 Å². The van der Waals surface area contributed by atoms with Crippen LogP contribution in [0, 0.1) is 13.8 Å². The lowest BCUT2D eigenvalue weighted by Gasteiger charge is -2.39. The molecule has 1 aliphatic heterocycles. The Hall–Kier alpha value is -0.860. The summed E-state index contributed by atoms with van der Waals surface area (Å²) in [5.74, 6) is 0. The average Bonchev–Trinajstić information content (AvgIpc) is 2.29. The van der Waals surface area contributed by atoms with Crippen molar-refractivity contribution >= 4 is 0 Å². The molecule has 0 aromatic heterocycles. The SMILES string of the molecule is CCC1(C)CNCC(c2ccc(C)cc2C)O1. The van der Waals surface area contributed by atoms with E-state index in [0.29, 0.717) is 0 Å². The van der Waals surface area contributed by atoms with Gasteiger partial charge in [0.1, 0.15) is 0 Å². The highest BCUT2D eigenvalue weighted by Gasteiger charge is 2.32. The normalized spacial score (nSPS) is 29.3. The minimum absolute atomic E-state index is 0.0275. The van der Waals surface area contributed by atoms with Crippen molar-refractivity contribution in [3.05, 3.63) is 34.9 Å². The molecule has 2 rings (SSSR count). The van der Waals surface area contributed by atoms with E-state index in [1.807, 2.05) is 0 Å². The van der Waals surface area contributed by atoms with Gasteiger partial charge in [0, 0.05) is 13.1 Å². The molecule has 17 heavy (non-hydrogen) atoms. The number of ether oxygens (including phenoxy) is 1. The van der Waals surface area contributed by atoms with Crippen LogP contribution in [0.2, 0.25) is 0 Å². The van der Waals surface area contributed by atoms with Crippen LogP contribution in [0.1, 0.15) is 43.1 Å². The number of hydrogen-bond acceptors (Lipinski definition) is 2. The highest BCUT2D eigenvalue weighted by molar-refractivity contribution is 5.32. The Morgan fingerprint density at radius 1 is 1.41 bits per heavy atom. The van der Waals surface area contributed by atoms with Gasteiger partial charge >= 0.3 is 0 Å². The Kier molecular flexibility index (Phi) is 3.55. The van der Waals surface area contributed by atoms with Crippen LogP contribution in [0.4, 0.5) is 0 Å². The minimum atomic E-state index is -0.0275. The molecule has 2 unspecified atom stereocenters. The number of rotatable bonds is 2. The van der Waals surface area contributed by atoms with Crippen molar-refractivity contribution in [2.24, 2.45) is 0 Å². The van der Waals surface area contributed by atoms with Gasteiger partial charge in [0.15, 0.2) is 0 Å². The predicted molar refractivity (Wildman–Crippen MR) is 71.3 cm³/mol. The third-order valence-corrected chi connectivity index (χ3v) is 3.78. The second-order valence-corrected chi connectivity index (χ2v) is 5.40. The molecule has 94 valence electrons. The van der Waals surface area contributed by atoms with Crippen LogP contribution in [-0.4, -0.2) is 18.7 Å². The average molecular weight is 233 g/mol. The highest BCUT2D eigenvalue weighted by Crippen LogP contribution is 2.30. The minimum Gasteiger partial charge on any atom is -0.365 e. The van der Waals surface area contributed by atoms with Gasteiger partial charge in [-0.05, 0) is 38.3 Å². The zero-order valence-electron chi connectivity index (χ0n) is 11.3. The number of hydrogen-bond donors (Lipinski definition) is 1. The van der Waals surface area contributed by atoms with E-state index in [-0.39, 0.29) is 11.7 Å². The van der Waals surface area contributed by atoms with E-state index < -0.39 is 0 Å². The molecule has 1 aliphatic rings. The first-order chi connectivity index (χ1) is 8.04. The molecule has 1 aromatic carbocycles. The first kappa shape index (κ1) is 12.6. The van der Waals surface area contributed by atoms with Crippen LogP contribution in [0.25, 0.3) is 0 Å². The van der Waals surface area contributed by atoms with Crippen molar-refractivity contribution in [2.45, 2.75) is 45.8 Å². The Bertz CT molecular complexity index is 402. The van der Waals surface area contributed by atoms with Crippen LogP contribution in [0.15, 0.2) is 18.2 Å². The fraction of sp³-hybridized carbons (Fsp3) is 0.600. The highest BCUT2D eigenvalue weighted by atomic mass is 16.5. The standard InChI is InChI=1S/C15H23NO/c1-5-15(4)10-16-9-14(17-15)13-7-6-11(2)8-12(13)3/h6-8,14,16H,5,9-10H2,1-4H3. The molecule has 0 amide bonds. The van der Waals surface area contributed by atoms with Crippen molar-refractivity contribution in [1.82, 2.24) is 5.32 Å². The molecule has 2 nitrogen and oxygen atoms in total. The molecule has 1 heterocycles. The van der Waals surface area contributed by atoms with Crippen molar-refractivity contribution < 1.29 is 4.74 Å². The molecular weight excluding hydrogens is 210 g/mol. The van der Waals surface area contributed by atoms with E-state index in [9.17, 15) is 0 Å². The zero-order chi connectivity index (χ0) is 12.5. The maximum absolute atomic E-state index is 6.27. The first-order valence-corrected chi connectivity index (χ1v) is 6.50. The Balaban J connectivity index is 2.22. The van der Waals surface area contributed by atoms with Gasteiger partial charge in [-0.25, -0.2) is 0 Å². The lowest BCUT2D eigenvalue weighted by Crippen LogP contribution is -2.48. The van der Waals surface area contributed by atoms with Gasteiger partial charge in [0.25, 0.3) is 0 Å². The second kappa shape index (κ2) is 4.79. The van der Waals surface area contributed by atoms with Crippen LogP contribution < -0.4 is 5.32 Å². The summed E-state index contributed by atoms with van der Waals surface area (Å²) in [7, 11) is 0. The summed E-state index contributed by atoms with van der Waals surface area (Å²) in [5, 5.41) is 3.49. The van der Waals surface area contributed by atoms with Gasteiger partial charge in [-0.3, -0.25) is 0 Å². The van der Waals surface area contributed by atoms with E-state index in [0.717, 1.165) is 19.5 Å². The molecule has 0 spiro atoms. The maximum atomic E-state index is 6.27. The second-order valence-electron chi connectivity index (χ2n) is 5.40. The molecule has 1 aromatic rings. The molecule has 2 atom stereocenters. The number of morpholine rings is 1. The van der Waals surface area contributed by atoms with Gasteiger partial charge in [0.2, 0.25) is 0 Å². The lowest BCUT2D eigenvalue weighted by atomic mass is 9.96. The van der Waals surface area contributed by atoms with E-state index >= 15 is 0 Å². The number of benzene rings is 1. The van der Waals surface area contributed by atoms with Gasteiger partial charge in [-0.1, -0.05) is 30.7 Å². The molecule has 0 radical (unpaired) electrons. The monoisotopic (exact) mass is 233 g/mol. The molecule has 0 saturated carbocycles. The van der Waals surface area contributed by atoms with Gasteiger partial charge in [0.05, 0.1) is 11.7 Å². The summed E-state index contributed by atoms with van der Waals surface area (Å²) in [5.41, 5.74) is 3.94. The fourth-order valence-corrected chi connectivity index (χ4v) is 2.46. The van der Waals surface area contributed by atoms with Crippen LogP contribution >= 0.6 is 0 Å². The quantitative estimate of drug-likeness (QED) is 0.847. The van der Waals surface area contributed by atoms with Gasteiger partial charge in [-0.15, -0.1) is 0 Å². The summed E-state index contributed by atoms with van der Waals surface area (Å²) in [6.45, 7) is 10.5. The summed E-state index contributed by atoms with van der Waals surface area (Å²) in [6.07, 6.45) is 1.23. The van der Waals surface area contributed by atoms with E-state index in [2.05, 4.69) is 51.2 Å². The van der Waals surface area contributed by atoms with Crippen LogP contribution in [0.5, 0.6) is 0 Å². The van der Waals surface area contributed by atoms with E-state index in [1.165, 1.54) is 16.7 Å². The predicted octanol–water partition coefficient (Wildman–Crippen LogP) is 3.13. The van der Waals surface area contributed by atoms with Crippen LogP contribution in [0.3, 0.4) is 0 Å². The third kappa shape index (κ3) is 2.70. The molecule has 0 aliphatic carbocycles. The lowest BCUT2D eigenvalue weighted by molar-refractivity contribution is -0.109. The number of aryl methyl sites for hydroxylation is 2. The van der Waals surface area contributed by atoms with Gasteiger partial charge < -0.3 is 10.1 Å². The topological polar surface area (TPSA) is 21.3 Å². The third-order valence-electron chi connectivity index (χ3n) is 3.78. The van der Waals surface area contributed by atoms with Crippen LogP contribution in [-0.2, 0) is 4.74 Å². The Morgan fingerprint density at radius 2 is 2.18 bits per heavy atom. The summed E-state index contributed by atoms with van der Waals surface area (Å²) in [4.78, 5) is 0. The van der Waals surface area contributed by atoms with Crippen molar-refractivity contribution in [1.29, 1.82) is 0 Å². The van der Waals surface area contributed by atoms with Crippen molar-refractivity contribution in [2.75, 3.05) is 13.1 Å². The summed E-state index contributed by atoms with van der Waals surface area (Å²) in [6, 6.07) is 6.61. The zero-order valence-corrected chi connectivity index (χ0v) is 11.3. The summed E-state index contributed by atoms with van der Waals surface area (Å²) >= 11 is 0. The summed E-state index contributed by atoms with van der Waals surface area (Å²) < 4.78 is 6.27. The molecular formula is C15H23NO. The first-order valence-electron chi connectivity index (χ1n) is 6.50. The Morgan fingerprint density at radius 3 is 2.82 bits per heavy atom. The van der Waals surface area contributed by atoms with E-state index in [1.54, 1.807) is 0 Å². The molecule has 1 fully saturated rings. The van der Waals surface area contributed by atoms with Gasteiger partial charge in [-0.2, -0.15) is 0 Å². The number of nitrogens with one attached hydrogen (secondary N) is 1. The molecule has 1 saturated heterocycles. The fourth-order valence-electron chi connectivity index (χ4n) is 2.46. The van der Waals surface area contributed by atoms with Crippen molar-refractivity contribution in [3.8, 4) is 0 Å². The van der Waals surface area contributed by atoms with Crippen molar-refractivity contribution in [3.63, 3.8) is 0 Å². The van der Waals surface area contributed by atoms with E-state index in [4.69, 9.17) is 4.74 Å². The smallest absolute Gasteiger partial charge is 0.0959 e. The maximum Gasteiger partial charge on any atom is 0.0959 e.